The molecule has 1 aromatic carbocycles. The first-order chi connectivity index (χ1) is 6.24. The number of allylic oxidation sites excluding steroid dienone is 1. The van der Waals surface area contributed by atoms with Crippen LogP contribution in [-0.4, -0.2) is 12.3 Å². The number of benzene rings is 1. The number of aliphatic imine (C=N–C) groups is 1. The molecule has 0 aliphatic carbocycles. The van der Waals surface area contributed by atoms with E-state index in [1.54, 1.807) is 0 Å². The Balaban J connectivity index is 2.83. The molecular formula is C10H10ClNO. The number of halogens is 1. The molecule has 1 rings (SSSR count). The Morgan fingerprint density at radius 3 is 2.54 bits per heavy atom. The van der Waals surface area contributed by atoms with Crippen molar-refractivity contribution >= 4 is 22.5 Å². The van der Waals surface area contributed by atoms with E-state index in [9.17, 15) is 0 Å². The first kappa shape index (κ1) is 9.81. The minimum atomic E-state index is 0.272. The highest BCUT2D eigenvalue weighted by Crippen LogP contribution is 2.13. The van der Waals surface area contributed by atoms with Crippen LogP contribution in [0.2, 0.25) is 0 Å². The summed E-state index contributed by atoms with van der Waals surface area (Å²) >= 11 is 5.79. The number of methoxy groups -OCH3 is 1. The van der Waals surface area contributed by atoms with Crippen LogP contribution in [0.3, 0.4) is 0 Å². The highest BCUT2D eigenvalue weighted by molar-refractivity contribution is 6.69. The Bertz CT molecular complexity index is 319. The molecule has 3 heteroatoms. The van der Waals surface area contributed by atoms with E-state index in [1.807, 2.05) is 30.3 Å². The van der Waals surface area contributed by atoms with Gasteiger partial charge in [-0.1, -0.05) is 36.4 Å². The predicted octanol–water partition coefficient (Wildman–Crippen LogP) is 3.12. The van der Waals surface area contributed by atoms with Crippen LogP contribution in [0, 0.1) is 0 Å². The van der Waals surface area contributed by atoms with Gasteiger partial charge in [-0.15, -0.1) is 0 Å². The molecule has 0 N–H and O–H groups in total. The molecule has 13 heavy (non-hydrogen) atoms. The van der Waals surface area contributed by atoms with Crippen LogP contribution in [0.1, 0.15) is 0 Å². The molecular weight excluding hydrogens is 186 g/mol. The van der Waals surface area contributed by atoms with Gasteiger partial charge in [0.25, 0.3) is 0 Å². The van der Waals surface area contributed by atoms with Gasteiger partial charge in [0, 0.05) is 0 Å². The fraction of sp³-hybridized carbons (Fsp3) is 0.100. The SMILES string of the molecule is C=C(OC)/C(Cl)=N\c1ccccc1. The van der Waals surface area contributed by atoms with E-state index in [0.717, 1.165) is 5.69 Å². The fourth-order valence-corrected chi connectivity index (χ4v) is 0.937. The molecule has 0 atom stereocenters. The zero-order valence-electron chi connectivity index (χ0n) is 7.33. The molecule has 0 aromatic heterocycles. The van der Waals surface area contributed by atoms with Gasteiger partial charge in [0.1, 0.15) is 5.76 Å². The summed E-state index contributed by atoms with van der Waals surface area (Å²) in [4.78, 5) is 4.09. The maximum atomic E-state index is 5.79. The molecule has 0 saturated carbocycles. The first-order valence-corrected chi connectivity index (χ1v) is 4.14. The second-order valence-corrected chi connectivity index (χ2v) is 2.72. The summed E-state index contributed by atoms with van der Waals surface area (Å²) in [5.41, 5.74) is 0.783. The van der Waals surface area contributed by atoms with E-state index in [4.69, 9.17) is 16.3 Å². The standard InChI is InChI=1S/C10H10ClNO/c1-8(13-2)10(11)12-9-6-4-3-5-7-9/h3-7H,1H2,2H3/b12-10+. The van der Waals surface area contributed by atoms with Crippen LogP contribution < -0.4 is 0 Å². The Labute approximate surface area is 82.5 Å². The van der Waals surface area contributed by atoms with Crippen molar-refractivity contribution in [3.8, 4) is 0 Å². The van der Waals surface area contributed by atoms with Crippen LogP contribution in [-0.2, 0) is 4.74 Å². The van der Waals surface area contributed by atoms with E-state index < -0.39 is 0 Å². The summed E-state index contributed by atoms with van der Waals surface area (Å²) in [6, 6.07) is 9.39. The summed E-state index contributed by atoms with van der Waals surface area (Å²) in [5, 5.41) is 0.272. The van der Waals surface area contributed by atoms with Gasteiger partial charge in [-0.3, -0.25) is 0 Å². The predicted molar refractivity (Wildman–Crippen MR) is 55.5 cm³/mol. The van der Waals surface area contributed by atoms with Crippen molar-refractivity contribution in [3.63, 3.8) is 0 Å². The summed E-state index contributed by atoms with van der Waals surface area (Å²) in [5.74, 6) is 0.366. The third-order valence-electron chi connectivity index (χ3n) is 1.46. The second-order valence-electron chi connectivity index (χ2n) is 2.37. The maximum absolute atomic E-state index is 5.79. The average Bonchev–Trinajstić information content (AvgIpc) is 2.18. The van der Waals surface area contributed by atoms with Crippen molar-refractivity contribution in [1.82, 2.24) is 0 Å². The van der Waals surface area contributed by atoms with E-state index in [2.05, 4.69) is 11.6 Å². The molecule has 0 fully saturated rings. The van der Waals surface area contributed by atoms with E-state index in [-0.39, 0.29) is 5.17 Å². The number of rotatable bonds is 3. The average molecular weight is 196 g/mol. The largest absolute Gasteiger partial charge is 0.494 e. The lowest BCUT2D eigenvalue weighted by atomic mass is 10.3. The highest BCUT2D eigenvalue weighted by atomic mass is 35.5. The summed E-state index contributed by atoms with van der Waals surface area (Å²) in [6.07, 6.45) is 0. The van der Waals surface area contributed by atoms with Gasteiger partial charge in [0.2, 0.25) is 0 Å². The topological polar surface area (TPSA) is 21.6 Å². The number of nitrogens with zero attached hydrogens (tertiary/aromatic N) is 1. The van der Waals surface area contributed by atoms with Crippen LogP contribution in [0.25, 0.3) is 0 Å². The third kappa shape index (κ3) is 2.92. The van der Waals surface area contributed by atoms with Crippen molar-refractivity contribution in [1.29, 1.82) is 0 Å². The molecule has 0 radical (unpaired) electrons. The molecule has 0 spiro atoms. The smallest absolute Gasteiger partial charge is 0.170 e. The molecule has 0 heterocycles. The van der Waals surface area contributed by atoms with E-state index in [0.29, 0.717) is 5.76 Å². The molecule has 0 saturated heterocycles. The zero-order chi connectivity index (χ0) is 9.68. The summed E-state index contributed by atoms with van der Waals surface area (Å²) < 4.78 is 4.83. The highest BCUT2D eigenvalue weighted by Gasteiger charge is 1.99. The van der Waals surface area contributed by atoms with Crippen LogP contribution in [0.4, 0.5) is 5.69 Å². The normalized spacial score (nSPS) is 11.1. The number of para-hydroxylation sites is 1. The van der Waals surface area contributed by atoms with Gasteiger partial charge in [-0.2, -0.15) is 0 Å². The Hall–Kier alpha value is -1.28. The van der Waals surface area contributed by atoms with Gasteiger partial charge >= 0.3 is 0 Å². The van der Waals surface area contributed by atoms with E-state index >= 15 is 0 Å². The molecule has 1 aromatic rings. The Morgan fingerprint density at radius 1 is 1.38 bits per heavy atom. The Morgan fingerprint density at radius 2 is 2.00 bits per heavy atom. The number of ether oxygens (including phenoxy) is 1. The molecule has 0 aliphatic heterocycles. The quantitative estimate of drug-likeness (QED) is 0.537. The lowest BCUT2D eigenvalue weighted by molar-refractivity contribution is 0.318. The lowest BCUT2D eigenvalue weighted by Crippen LogP contribution is -1.93. The van der Waals surface area contributed by atoms with Gasteiger partial charge in [0.05, 0.1) is 12.8 Å². The van der Waals surface area contributed by atoms with Gasteiger partial charge < -0.3 is 4.74 Å². The van der Waals surface area contributed by atoms with Crippen LogP contribution in [0.5, 0.6) is 0 Å². The maximum Gasteiger partial charge on any atom is 0.170 e. The minimum Gasteiger partial charge on any atom is -0.494 e. The van der Waals surface area contributed by atoms with Crippen LogP contribution >= 0.6 is 11.6 Å². The number of hydrogen-bond acceptors (Lipinski definition) is 2. The van der Waals surface area contributed by atoms with Gasteiger partial charge in [-0.25, -0.2) is 4.99 Å². The molecule has 0 amide bonds. The molecule has 0 unspecified atom stereocenters. The molecule has 0 bridgehead atoms. The molecule has 0 aliphatic rings. The third-order valence-corrected chi connectivity index (χ3v) is 1.76. The Kier molecular flexibility index (Phi) is 3.53. The second kappa shape index (κ2) is 4.67. The first-order valence-electron chi connectivity index (χ1n) is 3.76. The van der Waals surface area contributed by atoms with Crippen molar-refractivity contribution in [2.75, 3.05) is 7.11 Å². The van der Waals surface area contributed by atoms with E-state index in [1.165, 1.54) is 7.11 Å². The molecule has 68 valence electrons. The minimum absolute atomic E-state index is 0.272. The van der Waals surface area contributed by atoms with Crippen molar-refractivity contribution in [3.05, 3.63) is 42.7 Å². The van der Waals surface area contributed by atoms with Crippen molar-refractivity contribution in [2.24, 2.45) is 4.99 Å². The lowest BCUT2D eigenvalue weighted by Gasteiger charge is -2.00. The number of hydrogen-bond donors (Lipinski definition) is 0. The monoisotopic (exact) mass is 195 g/mol. The van der Waals surface area contributed by atoms with Gasteiger partial charge in [0.15, 0.2) is 5.17 Å². The summed E-state index contributed by atoms with van der Waals surface area (Å²) in [7, 11) is 1.51. The summed E-state index contributed by atoms with van der Waals surface area (Å²) in [6.45, 7) is 3.58. The van der Waals surface area contributed by atoms with Crippen molar-refractivity contribution in [2.45, 2.75) is 0 Å². The van der Waals surface area contributed by atoms with Gasteiger partial charge in [-0.05, 0) is 12.1 Å². The molecule has 2 nitrogen and oxygen atoms in total. The van der Waals surface area contributed by atoms with Crippen molar-refractivity contribution < 1.29 is 4.74 Å². The van der Waals surface area contributed by atoms with Crippen LogP contribution in [0.15, 0.2) is 47.7 Å². The fourth-order valence-electron chi connectivity index (χ4n) is 0.762. The zero-order valence-corrected chi connectivity index (χ0v) is 8.08.